The van der Waals surface area contributed by atoms with Gasteiger partial charge in [0.05, 0.1) is 12.1 Å². The van der Waals surface area contributed by atoms with Crippen molar-refractivity contribution in [2.75, 3.05) is 5.73 Å². The Kier molecular flexibility index (Phi) is 4.19. The number of nitrogens with two attached hydrogens (primary N) is 1. The van der Waals surface area contributed by atoms with Crippen LogP contribution in [0.3, 0.4) is 0 Å². The fourth-order valence-electron chi connectivity index (χ4n) is 2.05. The van der Waals surface area contributed by atoms with E-state index in [2.05, 4.69) is 15.5 Å². The van der Waals surface area contributed by atoms with Crippen LogP contribution in [0.4, 0.5) is 14.6 Å². The summed E-state index contributed by atoms with van der Waals surface area (Å²) in [6, 6.07) is 9.29. The first-order valence-electron chi connectivity index (χ1n) is 6.94. The lowest BCUT2D eigenvalue weighted by molar-refractivity contribution is 0.0945. The molecule has 0 saturated heterocycles. The number of hydrogen-bond donors (Lipinski definition) is 2. The number of carbonyl (C=O) groups is 1. The van der Waals surface area contributed by atoms with Gasteiger partial charge in [-0.15, -0.1) is 0 Å². The molecule has 0 atom stereocenters. The third-order valence-corrected chi connectivity index (χ3v) is 3.19. The quantitative estimate of drug-likeness (QED) is 0.766. The maximum atomic E-state index is 13.7. The molecule has 0 radical (unpaired) electrons. The zero-order valence-corrected chi connectivity index (χ0v) is 12.3. The molecule has 0 aliphatic carbocycles. The molecular formula is C16H12F2N4O2. The zero-order chi connectivity index (χ0) is 17.1. The lowest BCUT2D eigenvalue weighted by Crippen LogP contribution is -2.24. The van der Waals surface area contributed by atoms with Crippen LogP contribution in [0, 0.1) is 11.6 Å². The van der Waals surface area contributed by atoms with E-state index in [9.17, 15) is 13.6 Å². The maximum Gasteiger partial charge on any atom is 0.270 e. The van der Waals surface area contributed by atoms with Gasteiger partial charge >= 0.3 is 0 Å². The Morgan fingerprint density at radius 3 is 2.79 bits per heavy atom. The highest BCUT2D eigenvalue weighted by Gasteiger charge is 2.13. The molecular weight excluding hydrogens is 318 g/mol. The number of nitrogens with zero attached hydrogens (tertiary/aromatic N) is 2. The number of nitrogens with one attached hydrogen (secondary N) is 1. The third-order valence-electron chi connectivity index (χ3n) is 3.19. The second-order valence-corrected chi connectivity index (χ2v) is 4.94. The van der Waals surface area contributed by atoms with Crippen LogP contribution >= 0.6 is 0 Å². The van der Waals surface area contributed by atoms with E-state index in [1.165, 1.54) is 18.2 Å². The van der Waals surface area contributed by atoms with Gasteiger partial charge in [-0.3, -0.25) is 4.79 Å². The topological polar surface area (TPSA) is 94.0 Å². The number of hydrogen-bond acceptors (Lipinski definition) is 5. The molecule has 8 heteroatoms. The molecule has 0 saturated carbocycles. The Bertz CT molecular complexity index is 895. The van der Waals surface area contributed by atoms with Crippen molar-refractivity contribution in [2.24, 2.45) is 0 Å². The predicted molar refractivity (Wildman–Crippen MR) is 81.7 cm³/mol. The number of anilines is 1. The Balaban J connectivity index is 1.69. The summed E-state index contributed by atoms with van der Waals surface area (Å²) < 4.78 is 31.6. The van der Waals surface area contributed by atoms with Crippen LogP contribution in [0.1, 0.15) is 16.2 Å². The second kappa shape index (κ2) is 6.45. The minimum atomic E-state index is -0.759. The average molecular weight is 330 g/mol. The van der Waals surface area contributed by atoms with Gasteiger partial charge in [-0.05, 0) is 24.3 Å². The van der Waals surface area contributed by atoms with Crippen LogP contribution in [-0.2, 0) is 6.54 Å². The van der Waals surface area contributed by atoms with Gasteiger partial charge in [0.25, 0.3) is 5.91 Å². The van der Waals surface area contributed by atoms with Crippen LogP contribution in [0.25, 0.3) is 11.3 Å². The number of amides is 1. The molecule has 0 bridgehead atoms. The van der Waals surface area contributed by atoms with Gasteiger partial charge in [-0.1, -0.05) is 11.2 Å². The van der Waals surface area contributed by atoms with E-state index in [1.807, 2.05) is 0 Å². The number of benzene rings is 1. The summed E-state index contributed by atoms with van der Waals surface area (Å²) in [6.45, 7) is 0.0572. The molecule has 2 heterocycles. The van der Waals surface area contributed by atoms with Crippen LogP contribution in [0.15, 0.2) is 47.0 Å². The van der Waals surface area contributed by atoms with Gasteiger partial charge < -0.3 is 15.6 Å². The van der Waals surface area contributed by atoms with Crippen molar-refractivity contribution in [3.63, 3.8) is 0 Å². The molecule has 1 aromatic carbocycles. The summed E-state index contributed by atoms with van der Waals surface area (Å²) in [6.07, 6.45) is 0. The molecule has 0 aliphatic rings. The van der Waals surface area contributed by atoms with Gasteiger partial charge in [0.15, 0.2) is 5.76 Å². The van der Waals surface area contributed by atoms with Gasteiger partial charge in [-0.25, -0.2) is 13.8 Å². The highest BCUT2D eigenvalue weighted by atomic mass is 19.1. The smallest absolute Gasteiger partial charge is 0.270 e. The number of carbonyl (C=O) groups excluding carboxylic acids is 1. The number of aromatic nitrogens is 2. The molecule has 0 spiro atoms. The molecule has 0 fully saturated rings. The monoisotopic (exact) mass is 330 g/mol. The van der Waals surface area contributed by atoms with Crippen molar-refractivity contribution in [3.8, 4) is 11.3 Å². The fraction of sp³-hybridized carbons (Fsp3) is 0.0625. The normalized spacial score (nSPS) is 10.6. The van der Waals surface area contributed by atoms with E-state index in [-0.39, 0.29) is 29.4 Å². The van der Waals surface area contributed by atoms with E-state index >= 15 is 0 Å². The largest absolute Gasteiger partial charge is 0.384 e. The molecule has 0 unspecified atom stereocenters. The van der Waals surface area contributed by atoms with Crippen LogP contribution in [-0.4, -0.2) is 16.0 Å². The van der Waals surface area contributed by atoms with Crippen molar-refractivity contribution in [1.82, 2.24) is 15.5 Å². The first-order valence-corrected chi connectivity index (χ1v) is 6.94. The number of pyridine rings is 1. The van der Waals surface area contributed by atoms with Crippen molar-refractivity contribution in [3.05, 3.63) is 65.5 Å². The average Bonchev–Trinajstić information content (AvgIpc) is 3.01. The number of rotatable bonds is 4. The fourth-order valence-corrected chi connectivity index (χ4v) is 2.05. The van der Waals surface area contributed by atoms with Crippen molar-refractivity contribution >= 4 is 11.7 Å². The molecule has 3 aromatic rings. The van der Waals surface area contributed by atoms with Gasteiger partial charge in [0.1, 0.15) is 28.8 Å². The van der Waals surface area contributed by atoms with E-state index in [4.69, 9.17) is 10.3 Å². The van der Waals surface area contributed by atoms with E-state index in [0.29, 0.717) is 5.69 Å². The summed E-state index contributed by atoms with van der Waals surface area (Å²) in [4.78, 5) is 15.8. The van der Waals surface area contributed by atoms with Gasteiger partial charge in [0, 0.05) is 12.1 Å². The molecule has 122 valence electrons. The molecule has 6 nitrogen and oxygen atoms in total. The zero-order valence-electron chi connectivity index (χ0n) is 12.3. The minimum absolute atomic E-state index is 0.0572. The summed E-state index contributed by atoms with van der Waals surface area (Å²) in [7, 11) is 0. The molecule has 1 amide bonds. The maximum absolute atomic E-state index is 13.7. The lowest BCUT2D eigenvalue weighted by Gasteiger charge is -2.02. The first-order chi connectivity index (χ1) is 11.5. The standard InChI is InChI=1S/C16H12F2N4O2/c17-9-4-5-11(12(18)6-9)14-7-10(22-24-14)8-20-16(23)13-2-1-3-15(19)21-13/h1-7H,8H2,(H2,19,21)(H,20,23). The molecule has 2 aromatic heterocycles. The van der Waals surface area contributed by atoms with Crippen molar-refractivity contribution < 1.29 is 18.1 Å². The number of nitrogen functional groups attached to an aromatic ring is 1. The van der Waals surface area contributed by atoms with E-state index < -0.39 is 17.5 Å². The summed E-state index contributed by atoms with van der Waals surface area (Å²) in [5.41, 5.74) is 6.15. The Morgan fingerprint density at radius 2 is 2.04 bits per heavy atom. The highest BCUT2D eigenvalue weighted by Crippen LogP contribution is 2.24. The third kappa shape index (κ3) is 3.37. The summed E-state index contributed by atoms with van der Waals surface area (Å²) in [5.74, 6) is -1.50. The van der Waals surface area contributed by atoms with Gasteiger partial charge in [0.2, 0.25) is 0 Å². The minimum Gasteiger partial charge on any atom is -0.384 e. The predicted octanol–water partition coefficient (Wildman–Crippen LogP) is 2.53. The van der Waals surface area contributed by atoms with Gasteiger partial charge in [-0.2, -0.15) is 0 Å². The van der Waals surface area contributed by atoms with Crippen LogP contribution in [0.2, 0.25) is 0 Å². The Morgan fingerprint density at radius 1 is 1.21 bits per heavy atom. The second-order valence-electron chi connectivity index (χ2n) is 4.94. The van der Waals surface area contributed by atoms with E-state index in [1.54, 1.807) is 12.1 Å². The lowest BCUT2D eigenvalue weighted by atomic mass is 10.1. The Hall–Kier alpha value is -3.29. The summed E-state index contributed by atoms with van der Waals surface area (Å²) >= 11 is 0. The van der Waals surface area contributed by atoms with Crippen LogP contribution < -0.4 is 11.1 Å². The highest BCUT2D eigenvalue weighted by molar-refractivity contribution is 5.92. The molecule has 24 heavy (non-hydrogen) atoms. The number of halogens is 2. The van der Waals surface area contributed by atoms with Crippen molar-refractivity contribution in [2.45, 2.75) is 6.54 Å². The SMILES string of the molecule is Nc1cccc(C(=O)NCc2cc(-c3ccc(F)cc3F)on2)n1. The molecule has 3 rings (SSSR count). The van der Waals surface area contributed by atoms with Crippen molar-refractivity contribution in [1.29, 1.82) is 0 Å². The molecule has 0 aliphatic heterocycles. The van der Waals surface area contributed by atoms with Crippen LogP contribution in [0.5, 0.6) is 0 Å². The van der Waals surface area contributed by atoms with E-state index in [0.717, 1.165) is 12.1 Å². The first kappa shape index (κ1) is 15.6. The summed E-state index contributed by atoms with van der Waals surface area (Å²) in [5, 5.41) is 6.34. The molecule has 3 N–H and O–H groups in total. The Labute approximate surface area is 135 Å².